The lowest BCUT2D eigenvalue weighted by Crippen LogP contribution is -2.16. The number of hydrogen-bond acceptors (Lipinski definition) is 2. The quantitative estimate of drug-likeness (QED) is 0.831. The molecule has 0 saturated heterocycles. The van der Waals surface area contributed by atoms with Gasteiger partial charge in [-0.15, -0.1) is 0 Å². The van der Waals surface area contributed by atoms with Crippen LogP contribution >= 0.6 is 0 Å². The largest absolute Gasteiger partial charge is 0.324 e. The second-order valence-electron chi connectivity index (χ2n) is 5.21. The molecular formula is C15H25N3. The van der Waals surface area contributed by atoms with Crippen LogP contribution in [0.5, 0.6) is 0 Å². The first-order valence-corrected chi connectivity index (χ1v) is 7.23. The van der Waals surface area contributed by atoms with Gasteiger partial charge in [0.05, 0.1) is 5.69 Å². The Balaban J connectivity index is 2.14. The van der Waals surface area contributed by atoms with Gasteiger partial charge >= 0.3 is 0 Å². The molecule has 1 heterocycles. The van der Waals surface area contributed by atoms with Crippen LogP contribution in [-0.2, 0) is 19.4 Å². The molecule has 1 aliphatic carbocycles. The molecule has 2 N–H and O–H groups in total. The molecule has 1 aromatic heterocycles. The van der Waals surface area contributed by atoms with Gasteiger partial charge < -0.3 is 5.73 Å². The highest BCUT2D eigenvalue weighted by Crippen LogP contribution is 2.21. The maximum atomic E-state index is 6.08. The van der Waals surface area contributed by atoms with Crippen molar-refractivity contribution in [3.63, 3.8) is 0 Å². The first-order valence-electron chi connectivity index (χ1n) is 7.23. The molecule has 1 atom stereocenters. The van der Waals surface area contributed by atoms with E-state index < -0.39 is 0 Å². The Kier molecular flexibility index (Phi) is 4.59. The maximum absolute atomic E-state index is 6.08. The Morgan fingerprint density at radius 3 is 2.94 bits per heavy atom. The zero-order valence-corrected chi connectivity index (χ0v) is 11.7. The van der Waals surface area contributed by atoms with Crippen molar-refractivity contribution in [3.05, 3.63) is 29.1 Å². The van der Waals surface area contributed by atoms with E-state index in [0.717, 1.165) is 25.8 Å². The summed E-state index contributed by atoms with van der Waals surface area (Å²) < 4.78 is 2.14. The zero-order valence-electron chi connectivity index (χ0n) is 11.7. The van der Waals surface area contributed by atoms with Crippen LogP contribution in [0.25, 0.3) is 0 Å². The highest BCUT2D eigenvalue weighted by molar-refractivity contribution is 5.20. The first-order chi connectivity index (χ1) is 8.72. The summed E-state index contributed by atoms with van der Waals surface area (Å²) in [5.74, 6) is 0. The smallest absolute Gasteiger partial charge is 0.0624 e. The number of rotatable bonds is 4. The molecule has 0 fully saturated rings. The Bertz CT molecular complexity index is 417. The second kappa shape index (κ2) is 6.19. The van der Waals surface area contributed by atoms with E-state index in [9.17, 15) is 0 Å². The van der Waals surface area contributed by atoms with Crippen LogP contribution in [0, 0.1) is 0 Å². The summed E-state index contributed by atoms with van der Waals surface area (Å²) in [6.45, 7) is 5.27. The van der Waals surface area contributed by atoms with Crippen molar-refractivity contribution in [2.45, 2.75) is 65.0 Å². The lowest BCUT2D eigenvalue weighted by atomic mass is 10.0. The first kappa shape index (κ1) is 13.3. The molecule has 18 heavy (non-hydrogen) atoms. The highest BCUT2D eigenvalue weighted by atomic mass is 15.3. The van der Waals surface area contributed by atoms with Crippen molar-refractivity contribution in [1.82, 2.24) is 9.78 Å². The van der Waals surface area contributed by atoms with Gasteiger partial charge in [-0.3, -0.25) is 4.68 Å². The van der Waals surface area contributed by atoms with E-state index in [1.807, 2.05) is 0 Å². The van der Waals surface area contributed by atoms with Gasteiger partial charge in [-0.1, -0.05) is 25.0 Å². The lowest BCUT2D eigenvalue weighted by Gasteiger charge is -2.08. The minimum Gasteiger partial charge on any atom is -0.324 e. The Labute approximate surface area is 110 Å². The molecule has 0 saturated carbocycles. The molecule has 1 aromatic rings. The standard InChI is InChI=1S/C15H25N3/c1-3-14-11-15(18(4-2)17-14)10-12-7-5-6-8-13(16)9-12/h9,11,13H,3-8,10,16H2,1-2H3. The third-order valence-electron chi connectivity index (χ3n) is 3.72. The van der Waals surface area contributed by atoms with Crippen molar-refractivity contribution < 1.29 is 0 Å². The third-order valence-corrected chi connectivity index (χ3v) is 3.72. The van der Waals surface area contributed by atoms with Gasteiger partial charge in [0.15, 0.2) is 0 Å². The van der Waals surface area contributed by atoms with Crippen LogP contribution in [0.2, 0.25) is 0 Å². The van der Waals surface area contributed by atoms with Gasteiger partial charge in [0.2, 0.25) is 0 Å². The minimum absolute atomic E-state index is 0.256. The Morgan fingerprint density at radius 1 is 1.39 bits per heavy atom. The summed E-state index contributed by atoms with van der Waals surface area (Å²) in [5.41, 5.74) is 10.1. The van der Waals surface area contributed by atoms with E-state index >= 15 is 0 Å². The van der Waals surface area contributed by atoms with E-state index in [1.165, 1.54) is 36.2 Å². The molecule has 0 bridgehead atoms. The van der Waals surface area contributed by atoms with Crippen molar-refractivity contribution in [1.29, 1.82) is 0 Å². The maximum Gasteiger partial charge on any atom is 0.0624 e. The number of aryl methyl sites for hydroxylation is 2. The van der Waals surface area contributed by atoms with Crippen molar-refractivity contribution >= 4 is 0 Å². The topological polar surface area (TPSA) is 43.8 Å². The molecule has 0 aromatic carbocycles. The fourth-order valence-electron chi connectivity index (χ4n) is 2.69. The monoisotopic (exact) mass is 247 g/mol. The molecule has 0 aliphatic heterocycles. The van der Waals surface area contributed by atoms with E-state index in [1.54, 1.807) is 0 Å². The average molecular weight is 247 g/mol. The number of aromatic nitrogens is 2. The molecule has 0 amide bonds. The van der Waals surface area contributed by atoms with Gasteiger partial charge in [0, 0.05) is 24.7 Å². The van der Waals surface area contributed by atoms with Crippen LogP contribution in [0.1, 0.15) is 50.9 Å². The molecule has 3 heteroatoms. The molecule has 0 spiro atoms. The average Bonchev–Trinajstić information content (AvgIpc) is 2.64. The number of hydrogen-bond donors (Lipinski definition) is 1. The number of nitrogens with two attached hydrogens (primary N) is 1. The molecule has 2 rings (SSSR count). The molecule has 100 valence electrons. The van der Waals surface area contributed by atoms with Crippen LogP contribution < -0.4 is 5.73 Å². The third kappa shape index (κ3) is 3.22. The molecule has 1 unspecified atom stereocenters. The minimum atomic E-state index is 0.256. The summed E-state index contributed by atoms with van der Waals surface area (Å²) >= 11 is 0. The second-order valence-corrected chi connectivity index (χ2v) is 5.21. The van der Waals surface area contributed by atoms with Crippen LogP contribution in [0.3, 0.4) is 0 Å². The van der Waals surface area contributed by atoms with Crippen LogP contribution in [0.4, 0.5) is 0 Å². The highest BCUT2D eigenvalue weighted by Gasteiger charge is 2.12. The summed E-state index contributed by atoms with van der Waals surface area (Å²) in [4.78, 5) is 0. The predicted molar refractivity (Wildman–Crippen MR) is 75.5 cm³/mol. The van der Waals surface area contributed by atoms with Crippen LogP contribution in [0.15, 0.2) is 17.7 Å². The fraction of sp³-hybridized carbons (Fsp3) is 0.667. The van der Waals surface area contributed by atoms with Crippen LogP contribution in [-0.4, -0.2) is 15.8 Å². The summed E-state index contributed by atoms with van der Waals surface area (Å²) in [6, 6.07) is 2.51. The molecule has 0 radical (unpaired) electrons. The Hall–Kier alpha value is -1.09. The van der Waals surface area contributed by atoms with Gasteiger partial charge in [-0.2, -0.15) is 5.10 Å². The SMILES string of the molecule is CCc1cc(CC2=CC(N)CCCC2)n(CC)n1. The fourth-order valence-corrected chi connectivity index (χ4v) is 2.69. The molecule has 1 aliphatic rings. The lowest BCUT2D eigenvalue weighted by molar-refractivity contribution is 0.616. The van der Waals surface area contributed by atoms with Crippen molar-refractivity contribution in [2.75, 3.05) is 0 Å². The predicted octanol–water partition coefficient (Wildman–Crippen LogP) is 2.84. The Morgan fingerprint density at radius 2 is 2.22 bits per heavy atom. The molecular weight excluding hydrogens is 222 g/mol. The normalized spacial score (nSPS) is 20.6. The van der Waals surface area contributed by atoms with E-state index in [2.05, 4.69) is 35.8 Å². The van der Waals surface area contributed by atoms with Gasteiger partial charge in [0.25, 0.3) is 0 Å². The number of allylic oxidation sites excluding steroid dienone is 1. The van der Waals surface area contributed by atoms with E-state index in [0.29, 0.717) is 0 Å². The van der Waals surface area contributed by atoms with Gasteiger partial charge in [-0.25, -0.2) is 0 Å². The number of nitrogens with zero attached hydrogens (tertiary/aromatic N) is 2. The van der Waals surface area contributed by atoms with Gasteiger partial charge in [0.1, 0.15) is 0 Å². The van der Waals surface area contributed by atoms with Crippen molar-refractivity contribution in [3.8, 4) is 0 Å². The summed E-state index contributed by atoms with van der Waals surface area (Å²) in [6.07, 6.45) is 9.19. The van der Waals surface area contributed by atoms with Gasteiger partial charge in [-0.05, 0) is 38.7 Å². The summed E-state index contributed by atoms with van der Waals surface area (Å²) in [5, 5.41) is 4.61. The molecule has 3 nitrogen and oxygen atoms in total. The summed E-state index contributed by atoms with van der Waals surface area (Å²) in [7, 11) is 0. The van der Waals surface area contributed by atoms with E-state index in [-0.39, 0.29) is 6.04 Å². The van der Waals surface area contributed by atoms with E-state index in [4.69, 9.17) is 5.73 Å². The zero-order chi connectivity index (χ0) is 13.0. The van der Waals surface area contributed by atoms with Crippen molar-refractivity contribution in [2.24, 2.45) is 5.73 Å².